The monoisotopic (exact) mass is 595 g/mol. The van der Waals surface area contributed by atoms with Gasteiger partial charge in [-0.2, -0.15) is 0 Å². The molecule has 1 N–H and O–H groups in total. The highest BCUT2D eigenvalue weighted by molar-refractivity contribution is 6.22. The van der Waals surface area contributed by atoms with E-state index in [2.05, 4.69) is 24.3 Å². The first-order chi connectivity index (χ1) is 25.6. The molecule has 0 aliphatic carbocycles. The van der Waals surface area contributed by atoms with Crippen molar-refractivity contribution in [3.63, 3.8) is 0 Å². The number of hydrogen-bond donors (Lipinski definition) is 1. The van der Waals surface area contributed by atoms with Crippen molar-refractivity contribution >= 4 is 43.5 Å². The van der Waals surface area contributed by atoms with Crippen molar-refractivity contribution in [2.45, 2.75) is 0 Å². The number of phenolic OH excluding ortho intramolecular Hbond substituents is 1. The SMILES string of the molecule is [2H]c1c([2H])c([2H])c2c(-c3ccc4oc5ccccc5c4c3)c3c([2H])c(O)c([2H])c([2H])c3c(-c3ccc(-c4ccc(-c5ccccc5)cc4)cc3)c2c1[2H]. The molecule has 0 atom stereocenters. The van der Waals surface area contributed by atoms with Crippen LogP contribution in [0.15, 0.2) is 168 Å². The summed E-state index contributed by atoms with van der Waals surface area (Å²) in [5.74, 6) is -0.681. The Morgan fingerprint density at radius 1 is 0.413 bits per heavy atom. The van der Waals surface area contributed by atoms with Crippen molar-refractivity contribution < 1.29 is 19.1 Å². The predicted octanol–water partition coefficient (Wildman–Crippen LogP) is 12.3. The molecule has 216 valence electrons. The van der Waals surface area contributed by atoms with E-state index in [1.54, 1.807) is 12.1 Å². The molecule has 0 radical (unpaired) electrons. The minimum absolute atomic E-state index is 0.115. The molecule has 1 aromatic heterocycles. The number of phenols is 1. The summed E-state index contributed by atoms with van der Waals surface area (Å²) in [4.78, 5) is 0. The van der Waals surface area contributed by atoms with Gasteiger partial charge in [0.05, 0.1) is 9.60 Å². The molecule has 0 aliphatic heterocycles. The van der Waals surface area contributed by atoms with E-state index in [0.29, 0.717) is 27.9 Å². The lowest BCUT2D eigenvalue weighted by Crippen LogP contribution is -1.91. The third kappa shape index (κ3) is 4.27. The standard InChI is InChI=1S/C44H28O2/c45-34-23-24-38-40(27-34)44(33-22-25-42-39(26-33)35-10-6-7-13-41(35)46-42)37-12-5-4-11-36(37)43(38)32-20-18-31(19-21-32)30-16-14-29(15-17-30)28-8-2-1-3-9-28/h1-27,45H/i4D,5D,11D,12D,23D,24D,27D. The Bertz CT molecular complexity index is 2870. The van der Waals surface area contributed by atoms with Gasteiger partial charge in [-0.3, -0.25) is 0 Å². The van der Waals surface area contributed by atoms with Crippen LogP contribution in [-0.2, 0) is 0 Å². The second kappa shape index (κ2) is 10.5. The van der Waals surface area contributed by atoms with Crippen molar-refractivity contribution in [1.29, 1.82) is 0 Å². The van der Waals surface area contributed by atoms with Gasteiger partial charge in [-0.25, -0.2) is 0 Å². The zero-order valence-electron chi connectivity index (χ0n) is 31.4. The first-order valence-electron chi connectivity index (χ1n) is 18.5. The van der Waals surface area contributed by atoms with Gasteiger partial charge in [0.1, 0.15) is 16.9 Å². The summed E-state index contributed by atoms with van der Waals surface area (Å²) in [6, 6.07) is 35.9. The third-order valence-electron chi connectivity index (χ3n) is 8.65. The molecule has 0 bridgehead atoms. The minimum atomic E-state index is -0.681. The van der Waals surface area contributed by atoms with Crippen LogP contribution < -0.4 is 0 Å². The molecule has 0 aliphatic rings. The van der Waals surface area contributed by atoms with E-state index in [4.69, 9.17) is 8.53 Å². The van der Waals surface area contributed by atoms with Crippen molar-refractivity contribution in [1.82, 2.24) is 0 Å². The summed E-state index contributed by atoms with van der Waals surface area (Å²) < 4.78 is 69.1. The van der Waals surface area contributed by atoms with Crippen LogP contribution in [-0.4, -0.2) is 5.11 Å². The van der Waals surface area contributed by atoms with Crippen LogP contribution in [0.25, 0.3) is 88.0 Å². The Labute approximate surface area is 276 Å². The fourth-order valence-electron chi connectivity index (χ4n) is 6.48. The number of rotatable bonds is 4. The van der Waals surface area contributed by atoms with E-state index in [1.807, 2.05) is 84.9 Å². The van der Waals surface area contributed by atoms with Crippen LogP contribution in [0, 0.1) is 0 Å². The summed E-state index contributed by atoms with van der Waals surface area (Å²) in [5, 5.41) is 13.3. The highest BCUT2D eigenvalue weighted by Gasteiger charge is 2.18. The van der Waals surface area contributed by atoms with E-state index >= 15 is 0 Å². The second-order valence-electron chi connectivity index (χ2n) is 11.3. The van der Waals surface area contributed by atoms with E-state index in [9.17, 15) is 10.6 Å². The van der Waals surface area contributed by atoms with Crippen molar-refractivity contribution in [3.05, 3.63) is 164 Å². The van der Waals surface area contributed by atoms with E-state index in [-0.39, 0.29) is 45.2 Å². The lowest BCUT2D eigenvalue weighted by atomic mass is 9.85. The number of hydrogen-bond acceptors (Lipinski definition) is 2. The number of fused-ring (bicyclic) bond motifs is 5. The average Bonchev–Trinajstić information content (AvgIpc) is 3.58. The van der Waals surface area contributed by atoms with Gasteiger partial charge in [-0.15, -0.1) is 0 Å². The van der Waals surface area contributed by atoms with Gasteiger partial charge in [0.25, 0.3) is 0 Å². The summed E-state index contributed by atoms with van der Waals surface area (Å²) in [7, 11) is 0. The Morgan fingerprint density at radius 2 is 0.935 bits per heavy atom. The maximum absolute atomic E-state index is 11.1. The molecule has 46 heavy (non-hydrogen) atoms. The molecule has 0 unspecified atom stereocenters. The molecular weight excluding hydrogens is 560 g/mol. The average molecular weight is 596 g/mol. The lowest BCUT2D eigenvalue weighted by molar-refractivity contribution is 0.476. The number of para-hydroxylation sites is 1. The van der Waals surface area contributed by atoms with Crippen LogP contribution in [0.5, 0.6) is 5.75 Å². The summed E-state index contributed by atoms with van der Waals surface area (Å²) in [6.45, 7) is 0. The molecule has 9 rings (SSSR count). The first-order valence-corrected chi connectivity index (χ1v) is 15.0. The molecule has 0 fully saturated rings. The Morgan fingerprint density at radius 3 is 1.63 bits per heavy atom. The second-order valence-corrected chi connectivity index (χ2v) is 11.3. The number of furan rings is 1. The maximum Gasteiger partial charge on any atom is 0.135 e. The molecule has 0 spiro atoms. The normalized spacial score (nSPS) is 13.7. The molecule has 0 saturated heterocycles. The van der Waals surface area contributed by atoms with Crippen molar-refractivity contribution in [3.8, 4) is 50.3 Å². The first kappa shape index (κ1) is 20.0. The number of benzene rings is 8. The van der Waals surface area contributed by atoms with Gasteiger partial charge >= 0.3 is 0 Å². The van der Waals surface area contributed by atoms with Gasteiger partial charge in [0.2, 0.25) is 0 Å². The molecule has 0 amide bonds. The Kier molecular flexibility index (Phi) is 4.57. The van der Waals surface area contributed by atoms with Crippen molar-refractivity contribution in [2.24, 2.45) is 0 Å². The fraction of sp³-hybridized carbons (Fsp3) is 0. The molecule has 9 aromatic rings. The highest BCUT2D eigenvalue weighted by atomic mass is 16.3. The molecular formula is C44H28O2. The number of aromatic hydroxyl groups is 1. The molecule has 1 heterocycles. The van der Waals surface area contributed by atoms with Gasteiger partial charge in [0.15, 0.2) is 0 Å². The van der Waals surface area contributed by atoms with E-state index in [0.717, 1.165) is 33.0 Å². The van der Waals surface area contributed by atoms with E-state index < -0.39 is 29.9 Å². The zero-order chi connectivity index (χ0) is 36.7. The third-order valence-corrected chi connectivity index (χ3v) is 8.65. The largest absolute Gasteiger partial charge is 0.508 e. The molecule has 0 saturated carbocycles. The molecule has 8 aromatic carbocycles. The van der Waals surface area contributed by atoms with Crippen LogP contribution in [0.2, 0.25) is 0 Å². The Hall–Kier alpha value is -6.12. The lowest BCUT2D eigenvalue weighted by Gasteiger charge is -2.18. The van der Waals surface area contributed by atoms with Crippen LogP contribution in [0.4, 0.5) is 0 Å². The predicted molar refractivity (Wildman–Crippen MR) is 192 cm³/mol. The van der Waals surface area contributed by atoms with Crippen LogP contribution in [0.1, 0.15) is 9.60 Å². The van der Waals surface area contributed by atoms with E-state index in [1.165, 1.54) is 0 Å². The topological polar surface area (TPSA) is 33.4 Å². The minimum Gasteiger partial charge on any atom is -0.508 e. The Balaban J connectivity index is 1.35. The maximum atomic E-state index is 11.1. The van der Waals surface area contributed by atoms with Gasteiger partial charge in [-0.1, -0.05) is 133 Å². The quantitative estimate of drug-likeness (QED) is 0.205. The summed E-state index contributed by atoms with van der Waals surface area (Å²) >= 11 is 0. The fourth-order valence-corrected chi connectivity index (χ4v) is 6.48. The van der Waals surface area contributed by atoms with Gasteiger partial charge in [-0.05, 0) is 96.3 Å². The molecule has 2 nitrogen and oxygen atoms in total. The van der Waals surface area contributed by atoms with Crippen LogP contribution >= 0.6 is 0 Å². The summed E-state index contributed by atoms with van der Waals surface area (Å²) in [6.07, 6.45) is 0. The smallest absolute Gasteiger partial charge is 0.135 e. The van der Waals surface area contributed by atoms with Crippen molar-refractivity contribution in [2.75, 3.05) is 0 Å². The van der Waals surface area contributed by atoms with Gasteiger partial charge in [0, 0.05) is 10.8 Å². The van der Waals surface area contributed by atoms with Crippen LogP contribution in [0.3, 0.4) is 0 Å². The molecule has 2 heteroatoms. The highest BCUT2D eigenvalue weighted by Crippen LogP contribution is 2.46. The summed E-state index contributed by atoms with van der Waals surface area (Å²) in [5.41, 5.74) is 6.96. The van der Waals surface area contributed by atoms with Gasteiger partial charge < -0.3 is 9.52 Å². The zero-order valence-corrected chi connectivity index (χ0v) is 24.4.